The van der Waals surface area contributed by atoms with E-state index in [0.29, 0.717) is 27.4 Å². The summed E-state index contributed by atoms with van der Waals surface area (Å²) in [5.41, 5.74) is 2.62. The van der Waals surface area contributed by atoms with E-state index in [2.05, 4.69) is 10.6 Å². The van der Waals surface area contributed by atoms with Gasteiger partial charge in [-0.2, -0.15) is 0 Å². The van der Waals surface area contributed by atoms with Crippen LogP contribution < -0.4 is 15.4 Å². The lowest BCUT2D eigenvalue weighted by atomic mass is 10.1. The molecule has 0 spiro atoms. The summed E-state index contributed by atoms with van der Waals surface area (Å²) in [5, 5.41) is 5.84. The van der Waals surface area contributed by atoms with E-state index in [0.717, 1.165) is 16.9 Å². The maximum Gasteiger partial charge on any atom is 0.341 e. The maximum absolute atomic E-state index is 12.9. The number of esters is 1. The highest BCUT2D eigenvalue weighted by Gasteiger charge is 2.27. The van der Waals surface area contributed by atoms with Gasteiger partial charge in [0.25, 0.3) is 11.8 Å². The predicted octanol–water partition coefficient (Wildman–Crippen LogP) is 5.05. The largest absolute Gasteiger partial charge is 0.497 e. The number of aryl methyl sites for hydroxylation is 1. The molecule has 0 bridgehead atoms. The number of hydrogen-bond donors (Lipinski definition) is 2. The third kappa shape index (κ3) is 5.15. The van der Waals surface area contributed by atoms with Gasteiger partial charge in [0, 0.05) is 11.3 Å². The first-order valence-electron chi connectivity index (χ1n) is 9.98. The molecule has 2 aromatic carbocycles. The van der Waals surface area contributed by atoms with Crippen molar-refractivity contribution < 1.29 is 23.9 Å². The molecule has 0 atom stereocenters. The van der Waals surface area contributed by atoms with Crippen molar-refractivity contribution in [1.29, 1.82) is 0 Å². The van der Waals surface area contributed by atoms with Gasteiger partial charge in [0.15, 0.2) is 0 Å². The molecule has 0 fully saturated rings. The van der Waals surface area contributed by atoms with Gasteiger partial charge < -0.3 is 20.1 Å². The third-order valence-electron chi connectivity index (χ3n) is 4.67. The van der Waals surface area contributed by atoms with Crippen molar-refractivity contribution >= 4 is 39.8 Å². The molecule has 2 amide bonds. The lowest BCUT2D eigenvalue weighted by Crippen LogP contribution is -2.15. The molecule has 3 rings (SSSR count). The number of carbonyl (C=O) groups excluding carboxylic acids is 3. The van der Waals surface area contributed by atoms with Crippen molar-refractivity contribution in [3.05, 3.63) is 75.7 Å². The fraction of sp³-hybridized carbons (Fsp3) is 0.208. The zero-order valence-electron chi connectivity index (χ0n) is 18.3. The van der Waals surface area contributed by atoms with E-state index < -0.39 is 11.9 Å². The van der Waals surface area contributed by atoms with Crippen LogP contribution >= 0.6 is 11.3 Å². The zero-order chi connectivity index (χ0) is 23.3. The van der Waals surface area contributed by atoms with Gasteiger partial charge in [-0.3, -0.25) is 9.59 Å². The molecule has 7 nitrogen and oxygen atoms in total. The summed E-state index contributed by atoms with van der Waals surface area (Å²) in [6, 6.07) is 14.0. The van der Waals surface area contributed by atoms with Gasteiger partial charge in [0.1, 0.15) is 10.8 Å². The van der Waals surface area contributed by atoms with Crippen LogP contribution in [0.25, 0.3) is 0 Å². The number of rotatable bonds is 7. The van der Waals surface area contributed by atoms with E-state index in [-0.39, 0.29) is 23.1 Å². The van der Waals surface area contributed by atoms with Crippen LogP contribution in [0.5, 0.6) is 5.75 Å². The SMILES string of the molecule is CCOC(=O)c1c(NC(=O)c2cccc(OC)c2)sc(C(=O)Nc2cccc(C)c2)c1C. The molecule has 0 aliphatic carbocycles. The number of amides is 2. The van der Waals surface area contributed by atoms with Gasteiger partial charge in [-0.25, -0.2) is 4.79 Å². The number of thiophene rings is 1. The van der Waals surface area contributed by atoms with Crippen LogP contribution in [0.4, 0.5) is 10.7 Å². The molecule has 1 aromatic heterocycles. The first kappa shape index (κ1) is 23.0. The standard InChI is InChI=1S/C24H24N2O5S/c1-5-31-24(29)19-15(3)20(22(28)25-17-10-6-8-14(2)12-17)32-23(19)26-21(27)16-9-7-11-18(13-16)30-4/h6-13H,5H2,1-4H3,(H,25,28)(H,26,27). The average Bonchev–Trinajstić information content (AvgIpc) is 3.09. The Bertz CT molecular complexity index is 1170. The van der Waals surface area contributed by atoms with Crippen LogP contribution in [0, 0.1) is 13.8 Å². The van der Waals surface area contributed by atoms with Gasteiger partial charge in [0.2, 0.25) is 0 Å². The minimum atomic E-state index is -0.600. The second-order valence-electron chi connectivity index (χ2n) is 6.99. The Kier molecular flexibility index (Phi) is 7.27. The molecule has 0 unspecified atom stereocenters. The van der Waals surface area contributed by atoms with Gasteiger partial charge in [-0.05, 0) is 62.2 Å². The second kappa shape index (κ2) is 10.1. The first-order valence-corrected chi connectivity index (χ1v) is 10.8. The van der Waals surface area contributed by atoms with Crippen molar-refractivity contribution in [2.75, 3.05) is 24.4 Å². The predicted molar refractivity (Wildman–Crippen MR) is 125 cm³/mol. The fourth-order valence-corrected chi connectivity index (χ4v) is 4.20. The fourth-order valence-electron chi connectivity index (χ4n) is 3.12. The highest BCUT2D eigenvalue weighted by atomic mass is 32.1. The molecule has 0 aliphatic rings. The van der Waals surface area contributed by atoms with Gasteiger partial charge in [0.05, 0.1) is 24.2 Å². The molecule has 0 aliphatic heterocycles. The number of anilines is 2. The van der Waals surface area contributed by atoms with Gasteiger partial charge >= 0.3 is 5.97 Å². The van der Waals surface area contributed by atoms with Gasteiger partial charge in [-0.1, -0.05) is 18.2 Å². The third-order valence-corrected chi connectivity index (χ3v) is 5.87. The van der Waals surface area contributed by atoms with Crippen LogP contribution in [-0.2, 0) is 4.74 Å². The Hall–Kier alpha value is -3.65. The highest BCUT2D eigenvalue weighted by molar-refractivity contribution is 7.19. The van der Waals surface area contributed by atoms with Crippen LogP contribution in [0.3, 0.4) is 0 Å². The molecular formula is C24H24N2O5S. The first-order chi connectivity index (χ1) is 15.3. The topological polar surface area (TPSA) is 93.7 Å². The monoisotopic (exact) mass is 452 g/mol. The lowest BCUT2D eigenvalue weighted by molar-refractivity contribution is 0.0527. The number of nitrogens with one attached hydrogen (secondary N) is 2. The van der Waals surface area contributed by atoms with Crippen molar-refractivity contribution in [3.63, 3.8) is 0 Å². The Balaban J connectivity index is 1.94. The Morgan fingerprint density at radius 2 is 1.72 bits per heavy atom. The van der Waals surface area contributed by atoms with E-state index in [4.69, 9.17) is 9.47 Å². The summed E-state index contributed by atoms with van der Waals surface area (Å²) in [4.78, 5) is 38.7. The van der Waals surface area contributed by atoms with Crippen molar-refractivity contribution in [2.24, 2.45) is 0 Å². The summed E-state index contributed by atoms with van der Waals surface area (Å²) >= 11 is 1.03. The van der Waals surface area contributed by atoms with E-state index in [1.54, 1.807) is 44.2 Å². The lowest BCUT2D eigenvalue weighted by Gasteiger charge is -2.08. The van der Waals surface area contributed by atoms with E-state index in [1.807, 2.05) is 25.1 Å². The van der Waals surface area contributed by atoms with E-state index in [9.17, 15) is 14.4 Å². The molecule has 0 saturated carbocycles. The van der Waals surface area contributed by atoms with E-state index in [1.165, 1.54) is 7.11 Å². The smallest absolute Gasteiger partial charge is 0.341 e. The Morgan fingerprint density at radius 1 is 0.969 bits per heavy atom. The molecule has 2 N–H and O–H groups in total. The molecule has 166 valence electrons. The number of hydrogen-bond acceptors (Lipinski definition) is 6. The van der Waals surface area contributed by atoms with Crippen LogP contribution in [0.1, 0.15) is 48.4 Å². The van der Waals surface area contributed by atoms with Gasteiger partial charge in [-0.15, -0.1) is 11.3 Å². The molecule has 32 heavy (non-hydrogen) atoms. The zero-order valence-corrected chi connectivity index (χ0v) is 19.1. The summed E-state index contributed by atoms with van der Waals surface area (Å²) in [6.45, 7) is 5.45. The van der Waals surface area contributed by atoms with E-state index >= 15 is 0 Å². The van der Waals surface area contributed by atoms with Crippen LogP contribution in [0.2, 0.25) is 0 Å². The Morgan fingerprint density at radius 3 is 2.41 bits per heavy atom. The Labute approximate surface area is 190 Å². The summed E-state index contributed by atoms with van der Waals surface area (Å²) in [5.74, 6) is -0.868. The molecule has 8 heteroatoms. The molecule has 1 heterocycles. The minimum Gasteiger partial charge on any atom is -0.497 e. The number of methoxy groups -OCH3 is 1. The summed E-state index contributed by atoms with van der Waals surface area (Å²) in [6.07, 6.45) is 0. The number of benzene rings is 2. The molecule has 0 radical (unpaired) electrons. The summed E-state index contributed by atoms with van der Waals surface area (Å²) in [7, 11) is 1.51. The average molecular weight is 453 g/mol. The molecular weight excluding hydrogens is 428 g/mol. The number of ether oxygens (including phenoxy) is 2. The van der Waals surface area contributed by atoms with Crippen molar-refractivity contribution in [3.8, 4) is 5.75 Å². The van der Waals surface area contributed by atoms with Crippen LogP contribution in [-0.4, -0.2) is 31.5 Å². The summed E-state index contributed by atoms with van der Waals surface area (Å²) < 4.78 is 10.3. The van der Waals surface area contributed by atoms with Crippen molar-refractivity contribution in [1.82, 2.24) is 0 Å². The van der Waals surface area contributed by atoms with Crippen LogP contribution in [0.15, 0.2) is 48.5 Å². The molecule has 3 aromatic rings. The quantitative estimate of drug-likeness (QED) is 0.489. The normalized spacial score (nSPS) is 10.4. The molecule has 0 saturated heterocycles. The minimum absolute atomic E-state index is 0.169. The number of carbonyl (C=O) groups is 3. The van der Waals surface area contributed by atoms with Crippen molar-refractivity contribution in [2.45, 2.75) is 20.8 Å². The maximum atomic E-state index is 12.9. The highest BCUT2D eigenvalue weighted by Crippen LogP contribution is 2.35. The second-order valence-corrected chi connectivity index (χ2v) is 8.01.